The van der Waals surface area contributed by atoms with Crippen molar-refractivity contribution < 1.29 is 18.7 Å². The highest BCUT2D eigenvalue weighted by atomic mass is 19.1. The Balaban J connectivity index is 1.81. The summed E-state index contributed by atoms with van der Waals surface area (Å²) in [6, 6.07) is 10.8. The van der Waals surface area contributed by atoms with Gasteiger partial charge < -0.3 is 9.64 Å². The second-order valence-electron chi connectivity index (χ2n) is 5.72. The molecular weight excluding hydrogens is 311 g/mol. The minimum atomic E-state index is -0.487. The molecule has 0 saturated carbocycles. The molecule has 5 nitrogen and oxygen atoms in total. The fraction of sp³-hybridized carbons (Fsp3) is 0.222. The fourth-order valence-corrected chi connectivity index (χ4v) is 3.16. The standard InChI is InChI=1S/C18H15FN2O3/c19-12-5-6-15(20-7-9-24-10-8-20)16(11-12)21-17(22)13-3-1-2-4-14(13)18(21)23/h1-6,11H,7-10H2. The molecule has 0 bridgehead atoms. The van der Waals surface area contributed by atoms with Crippen molar-refractivity contribution in [1.82, 2.24) is 0 Å². The number of ether oxygens (including phenoxy) is 1. The van der Waals surface area contributed by atoms with Gasteiger partial charge in [0.1, 0.15) is 5.82 Å². The molecule has 0 aromatic heterocycles. The maximum atomic E-state index is 13.9. The first kappa shape index (κ1) is 14.8. The van der Waals surface area contributed by atoms with Crippen LogP contribution in [0.1, 0.15) is 20.7 Å². The monoisotopic (exact) mass is 326 g/mol. The molecule has 0 atom stereocenters. The van der Waals surface area contributed by atoms with Crippen LogP contribution in [0.15, 0.2) is 42.5 Å². The SMILES string of the molecule is O=C1c2ccccc2C(=O)N1c1cc(F)ccc1N1CCOCC1. The van der Waals surface area contributed by atoms with Gasteiger partial charge in [-0.25, -0.2) is 9.29 Å². The number of morpholine rings is 1. The van der Waals surface area contributed by atoms with Gasteiger partial charge in [-0.05, 0) is 24.3 Å². The fourth-order valence-electron chi connectivity index (χ4n) is 3.16. The van der Waals surface area contributed by atoms with Crippen LogP contribution in [0.25, 0.3) is 0 Å². The molecule has 2 aromatic rings. The summed E-state index contributed by atoms with van der Waals surface area (Å²) in [5.74, 6) is -1.33. The maximum Gasteiger partial charge on any atom is 0.266 e. The van der Waals surface area contributed by atoms with Crippen LogP contribution in [0.5, 0.6) is 0 Å². The summed E-state index contributed by atoms with van der Waals surface area (Å²) in [7, 11) is 0. The van der Waals surface area contributed by atoms with Crippen LogP contribution >= 0.6 is 0 Å². The van der Waals surface area contributed by atoms with Gasteiger partial charge in [-0.1, -0.05) is 12.1 Å². The van der Waals surface area contributed by atoms with E-state index in [0.717, 1.165) is 4.90 Å². The molecule has 4 rings (SSSR count). The Bertz CT molecular complexity index is 796. The van der Waals surface area contributed by atoms with E-state index in [9.17, 15) is 14.0 Å². The van der Waals surface area contributed by atoms with Crippen molar-refractivity contribution in [2.75, 3.05) is 36.1 Å². The molecular formula is C18H15FN2O3. The number of nitrogens with zero attached hydrogens (tertiary/aromatic N) is 2. The molecule has 1 fully saturated rings. The quantitative estimate of drug-likeness (QED) is 0.796. The number of imide groups is 1. The molecule has 2 aliphatic heterocycles. The Labute approximate surface area is 138 Å². The number of carbonyl (C=O) groups is 2. The molecule has 0 unspecified atom stereocenters. The molecule has 122 valence electrons. The summed E-state index contributed by atoms with van der Waals surface area (Å²) in [5.41, 5.74) is 1.64. The van der Waals surface area contributed by atoms with Crippen LogP contribution in [0.4, 0.5) is 15.8 Å². The number of benzene rings is 2. The van der Waals surface area contributed by atoms with Crippen molar-refractivity contribution in [2.45, 2.75) is 0 Å². The molecule has 0 spiro atoms. The van der Waals surface area contributed by atoms with Crippen molar-refractivity contribution in [1.29, 1.82) is 0 Å². The molecule has 0 N–H and O–H groups in total. The minimum Gasteiger partial charge on any atom is -0.378 e. The van der Waals surface area contributed by atoms with Crippen molar-refractivity contribution >= 4 is 23.2 Å². The van der Waals surface area contributed by atoms with Gasteiger partial charge in [-0.2, -0.15) is 0 Å². The van der Waals surface area contributed by atoms with E-state index < -0.39 is 17.6 Å². The van der Waals surface area contributed by atoms with E-state index >= 15 is 0 Å². The van der Waals surface area contributed by atoms with Gasteiger partial charge in [-0.3, -0.25) is 9.59 Å². The zero-order valence-corrected chi connectivity index (χ0v) is 12.9. The summed E-state index contributed by atoms with van der Waals surface area (Å²) in [5, 5.41) is 0. The highest BCUT2D eigenvalue weighted by Crippen LogP contribution is 2.36. The summed E-state index contributed by atoms with van der Waals surface area (Å²) < 4.78 is 19.2. The van der Waals surface area contributed by atoms with Crippen LogP contribution in [-0.4, -0.2) is 38.1 Å². The molecule has 0 radical (unpaired) electrons. The number of hydrogen-bond donors (Lipinski definition) is 0. The third kappa shape index (κ3) is 2.27. The average Bonchev–Trinajstić information content (AvgIpc) is 2.87. The number of hydrogen-bond acceptors (Lipinski definition) is 4. The molecule has 2 aromatic carbocycles. The molecule has 6 heteroatoms. The Morgan fingerprint density at radius 2 is 1.50 bits per heavy atom. The maximum absolute atomic E-state index is 13.9. The van der Waals surface area contributed by atoms with Crippen LogP contribution in [0, 0.1) is 5.82 Å². The lowest BCUT2D eigenvalue weighted by atomic mass is 10.1. The largest absolute Gasteiger partial charge is 0.378 e. The second-order valence-corrected chi connectivity index (χ2v) is 5.72. The normalized spacial score (nSPS) is 17.4. The lowest BCUT2D eigenvalue weighted by Crippen LogP contribution is -2.38. The van der Waals surface area contributed by atoms with E-state index in [1.54, 1.807) is 30.3 Å². The number of fused-ring (bicyclic) bond motifs is 1. The predicted molar refractivity (Wildman–Crippen MR) is 87.0 cm³/mol. The molecule has 2 aliphatic rings. The van der Waals surface area contributed by atoms with Crippen LogP contribution in [0.3, 0.4) is 0 Å². The van der Waals surface area contributed by atoms with Gasteiger partial charge in [0.05, 0.1) is 35.7 Å². The topological polar surface area (TPSA) is 49.9 Å². The zero-order valence-electron chi connectivity index (χ0n) is 12.9. The van der Waals surface area contributed by atoms with Crippen LogP contribution in [-0.2, 0) is 4.74 Å². The first-order valence-corrected chi connectivity index (χ1v) is 7.77. The third-order valence-corrected chi connectivity index (χ3v) is 4.32. The van der Waals surface area contributed by atoms with Crippen molar-refractivity contribution in [2.24, 2.45) is 0 Å². The molecule has 2 amide bonds. The lowest BCUT2D eigenvalue weighted by molar-refractivity contribution is 0.0926. The van der Waals surface area contributed by atoms with Gasteiger partial charge in [0.15, 0.2) is 0 Å². The minimum absolute atomic E-state index is 0.281. The zero-order chi connectivity index (χ0) is 16.7. The van der Waals surface area contributed by atoms with Crippen molar-refractivity contribution in [3.05, 3.63) is 59.4 Å². The Morgan fingerprint density at radius 1 is 0.875 bits per heavy atom. The highest BCUT2D eigenvalue weighted by molar-refractivity contribution is 6.35. The van der Waals surface area contributed by atoms with Gasteiger partial charge >= 0.3 is 0 Å². The van der Waals surface area contributed by atoms with E-state index in [1.807, 2.05) is 4.90 Å². The molecule has 1 saturated heterocycles. The molecule has 2 heterocycles. The van der Waals surface area contributed by atoms with E-state index in [0.29, 0.717) is 43.1 Å². The summed E-state index contributed by atoms with van der Waals surface area (Å²) in [6.45, 7) is 2.36. The Hall–Kier alpha value is -2.73. The Kier molecular flexibility index (Phi) is 3.54. The van der Waals surface area contributed by atoms with Gasteiger partial charge in [0.25, 0.3) is 11.8 Å². The average molecular weight is 326 g/mol. The first-order valence-electron chi connectivity index (χ1n) is 7.77. The number of halogens is 1. The molecule has 0 aliphatic carbocycles. The Morgan fingerprint density at radius 3 is 2.12 bits per heavy atom. The number of rotatable bonds is 2. The summed E-state index contributed by atoms with van der Waals surface area (Å²) in [6.07, 6.45) is 0. The van der Waals surface area contributed by atoms with Crippen molar-refractivity contribution in [3.63, 3.8) is 0 Å². The van der Waals surface area contributed by atoms with Gasteiger partial charge in [0, 0.05) is 19.2 Å². The summed E-state index contributed by atoms with van der Waals surface area (Å²) >= 11 is 0. The van der Waals surface area contributed by atoms with Crippen LogP contribution < -0.4 is 9.80 Å². The van der Waals surface area contributed by atoms with Gasteiger partial charge in [-0.15, -0.1) is 0 Å². The third-order valence-electron chi connectivity index (χ3n) is 4.32. The first-order chi connectivity index (χ1) is 11.7. The molecule has 24 heavy (non-hydrogen) atoms. The van der Waals surface area contributed by atoms with E-state index in [2.05, 4.69) is 0 Å². The second kappa shape index (κ2) is 5.72. The van der Waals surface area contributed by atoms with Gasteiger partial charge in [0.2, 0.25) is 0 Å². The summed E-state index contributed by atoms with van der Waals surface area (Å²) in [4.78, 5) is 28.5. The van der Waals surface area contributed by atoms with E-state index in [4.69, 9.17) is 4.74 Å². The predicted octanol–water partition coefficient (Wildman–Crippen LogP) is 2.46. The smallest absolute Gasteiger partial charge is 0.266 e. The highest BCUT2D eigenvalue weighted by Gasteiger charge is 2.38. The lowest BCUT2D eigenvalue weighted by Gasteiger charge is -2.32. The number of amides is 2. The van der Waals surface area contributed by atoms with Crippen LogP contribution in [0.2, 0.25) is 0 Å². The number of carbonyl (C=O) groups excluding carboxylic acids is 2. The van der Waals surface area contributed by atoms with E-state index in [-0.39, 0.29) is 5.69 Å². The number of anilines is 2. The van der Waals surface area contributed by atoms with Crippen molar-refractivity contribution in [3.8, 4) is 0 Å². The van der Waals surface area contributed by atoms with E-state index in [1.165, 1.54) is 12.1 Å².